The number of amides is 1. The lowest BCUT2D eigenvalue weighted by Crippen LogP contribution is -2.32. The number of nitrogens with zero attached hydrogens (tertiary/aromatic N) is 1. The standard InChI is InChI=1S/C13H18N2O/c1-3-8-15-12-7-5-4-6-11(12)14-10(2)9-13(15)16/h4-7,10,14H,3,8-9H2,1-2H3. The van der Waals surface area contributed by atoms with Crippen molar-refractivity contribution >= 4 is 17.3 Å². The van der Waals surface area contributed by atoms with Gasteiger partial charge in [-0.2, -0.15) is 0 Å². The number of para-hydroxylation sites is 2. The van der Waals surface area contributed by atoms with Crippen molar-refractivity contribution in [3.05, 3.63) is 24.3 Å². The van der Waals surface area contributed by atoms with Crippen LogP contribution in [0.4, 0.5) is 11.4 Å². The summed E-state index contributed by atoms with van der Waals surface area (Å²) < 4.78 is 0. The van der Waals surface area contributed by atoms with Crippen LogP contribution in [0.5, 0.6) is 0 Å². The molecule has 0 radical (unpaired) electrons. The molecule has 2 rings (SSSR count). The molecule has 1 N–H and O–H groups in total. The molecule has 1 heterocycles. The van der Waals surface area contributed by atoms with Crippen LogP contribution in [-0.2, 0) is 4.79 Å². The summed E-state index contributed by atoms with van der Waals surface area (Å²) in [6.07, 6.45) is 1.54. The Bertz CT molecular complexity index is 389. The maximum Gasteiger partial charge on any atom is 0.229 e. The van der Waals surface area contributed by atoms with E-state index in [2.05, 4.69) is 12.2 Å². The number of carbonyl (C=O) groups excluding carboxylic acids is 1. The zero-order chi connectivity index (χ0) is 11.5. The molecule has 1 atom stereocenters. The summed E-state index contributed by atoms with van der Waals surface area (Å²) in [5.74, 6) is 0.215. The van der Waals surface area contributed by atoms with Crippen molar-refractivity contribution in [2.24, 2.45) is 0 Å². The highest BCUT2D eigenvalue weighted by Crippen LogP contribution is 2.30. The van der Waals surface area contributed by atoms with E-state index in [1.807, 2.05) is 36.1 Å². The fraction of sp³-hybridized carbons (Fsp3) is 0.462. The zero-order valence-electron chi connectivity index (χ0n) is 9.86. The lowest BCUT2D eigenvalue weighted by molar-refractivity contribution is -0.118. The minimum atomic E-state index is 0.204. The smallest absolute Gasteiger partial charge is 0.229 e. The van der Waals surface area contributed by atoms with E-state index in [-0.39, 0.29) is 11.9 Å². The Balaban J connectivity index is 2.40. The molecule has 0 aromatic heterocycles. The number of nitrogens with one attached hydrogen (secondary N) is 1. The van der Waals surface area contributed by atoms with Gasteiger partial charge in [0.25, 0.3) is 0 Å². The van der Waals surface area contributed by atoms with Crippen molar-refractivity contribution in [2.75, 3.05) is 16.8 Å². The summed E-state index contributed by atoms with van der Waals surface area (Å²) in [4.78, 5) is 14.0. The van der Waals surface area contributed by atoms with Crippen LogP contribution in [0, 0.1) is 0 Å². The molecule has 1 aliphatic rings. The highest BCUT2D eigenvalue weighted by molar-refractivity contribution is 5.98. The van der Waals surface area contributed by atoms with Crippen LogP contribution in [0.2, 0.25) is 0 Å². The van der Waals surface area contributed by atoms with Gasteiger partial charge in [-0.3, -0.25) is 4.79 Å². The van der Waals surface area contributed by atoms with E-state index in [4.69, 9.17) is 0 Å². The fourth-order valence-corrected chi connectivity index (χ4v) is 2.12. The van der Waals surface area contributed by atoms with Crippen LogP contribution in [0.3, 0.4) is 0 Å². The molecule has 3 heteroatoms. The molecule has 1 aromatic carbocycles. The summed E-state index contributed by atoms with van der Waals surface area (Å²) in [5.41, 5.74) is 2.08. The first-order valence-corrected chi connectivity index (χ1v) is 5.88. The lowest BCUT2D eigenvalue weighted by atomic mass is 10.2. The first-order chi connectivity index (χ1) is 7.72. The Labute approximate surface area is 96.5 Å². The van der Waals surface area contributed by atoms with Crippen molar-refractivity contribution in [1.29, 1.82) is 0 Å². The normalized spacial score (nSPS) is 20.0. The van der Waals surface area contributed by atoms with Crippen molar-refractivity contribution < 1.29 is 4.79 Å². The number of benzene rings is 1. The second-order valence-corrected chi connectivity index (χ2v) is 4.31. The summed E-state index contributed by atoms with van der Waals surface area (Å²) in [6.45, 7) is 4.94. The molecule has 1 aromatic rings. The highest BCUT2D eigenvalue weighted by Gasteiger charge is 2.23. The molecule has 0 fully saturated rings. The maximum atomic E-state index is 12.1. The Kier molecular flexibility index (Phi) is 3.13. The Hall–Kier alpha value is -1.51. The second kappa shape index (κ2) is 4.56. The van der Waals surface area contributed by atoms with Crippen molar-refractivity contribution in [3.8, 4) is 0 Å². The van der Waals surface area contributed by atoms with E-state index in [9.17, 15) is 4.79 Å². The van der Waals surface area contributed by atoms with Crippen molar-refractivity contribution in [1.82, 2.24) is 0 Å². The summed E-state index contributed by atoms with van der Waals surface area (Å²) >= 11 is 0. The highest BCUT2D eigenvalue weighted by atomic mass is 16.2. The van der Waals surface area contributed by atoms with E-state index in [1.165, 1.54) is 0 Å². The van der Waals surface area contributed by atoms with Gasteiger partial charge in [-0.25, -0.2) is 0 Å². The third kappa shape index (κ3) is 2.03. The molecule has 1 amide bonds. The number of hydrogen-bond acceptors (Lipinski definition) is 2. The molecule has 1 unspecified atom stereocenters. The largest absolute Gasteiger partial charge is 0.380 e. The number of hydrogen-bond donors (Lipinski definition) is 1. The molecule has 1 aliphatic heterocycles. The average molecular weight is 218 g/mol. The lowest BCUT2D eigenvalue weighted by Gasteiger charge is -2.21. The van der Waals surface area contributed by atoms with Crippen LogP contribution >= 0.6 is 0 Å². The predicted octanol–water partition coefficient (Wildman–Crippen LogP) is 2.63. The summed E-state index contributed by atoms with van der Waals surface area (Å²) in [6, 6.07) is 8.22. The molecule has 0 saturated heterocycles. The molecule has 0 saturated carbocycles. The molecular weight excluding hydrogens is 200 g/mol. The first kappa shape index (κ1) is 11.0. The van der Waals surface area contributed by atoms with Gasteiger partial charge >= 0.3 is 0 Å². The molecule has 0 aliphatic carbocycles. The zero-order valence-corrected chi connectivity index (χ0v) is 9.86. The number of fused-ring (bicyclic) bond motifs is 1. The molecule has 0 bridgehead atoms. The first-order valence-electron chi connectivity index (χ1n) is 5.88. The Morgan fingerprint density at radius 1 is 1.44 bits per heavy atom. The van der Waals surface area contributed by atoms with Gasteiger partial charge in [0.05, 0.1) is 11.4 Å². The van der Waals surface area contributed by atoms with Crippen LogP contribution in [0.25, 0.3) is 0 Å². The third-order valence-corrected chi connectivity index (χ3v) is 2.83. The minimum absolute atomic E-state index is 0.204. The van der Waals surface area contributed by atoms with Crippen LogP contribution < -0.4 is 10.2 Å². The van der Waals surface area contributed by atoms with Gasteiger partial charge in [0.15, 0.2) is 0 Å². The molecular formula is C13H18N2O. The van der Waals surface area contributed by atoms with E-state index in [0.29, 0.717) is 6.42 Å². The van der Waals surface area contributed by atoms with E-state index in [0.717, 1.165) is 24.3 Å². The average Bonchev–Trinajstić information content (AvgIpc) is 2.37. The summed E-state index contributed by atoms with van der Waals surface area (Å²) in [5, 5.41) is 3.38. The van der Waals surface area contributed by atoms with Gasteiger partial charge < -0.3 is 10.2 Å². The van der Waals surface area contributed by atoms with E-state index in [1.54, 1.807) is 0 Å². The minimum Gasteiger partial charge on any atom is -0.380 e. The van der Waals surface area contributed by atoms with Crippen molar-refractivity contribution in [2.45, 2.75) is 32.7 Å². The quantitative estimate of drug-likeness (QED) is 0.827. The van der Waals surface area contributed by atoms with Gasteiger partial charge in [-0.1, -0.05) is 19.1 Å². The monoisotopic (exact) mass is 218 g/mol. The van der Waals surface area contributed by atoms with Gasteiger partial charge in [-0.05, 0) is 25.5 Å². The molecule has 16 heavy (non-hydrogen) atoms. The molecule has 86 valence electrons. The SMILES string of the molecule is CCCN1C(=O)CC(C)Nc2ccccc21. The number of anilines is 2. The Morgan fingerprint density at radius 2 is 2.19 bits per heavy atom. The molecule has 3 nitrogen and oxygen atoms in total. The topological polar surface area (TPSA) is 32.3 Å². The Morgan fingerprint density at radius 3 is 2.94 bits per heavy atom. The number of carbonyl (C=O) groups is 1. The van der Waals surface area contributed by atoms with Crippen LogP contribution in [-0.4, -0.2) is 18.5 Å². The van der Waals surface area contributed by atoms with Crippen molar-refractivity contribution in [3.63, 3.8) is 0 Å². The maximum absolute atomic E-state index is 12.1. The van der Waals surface area contributed by atoms with Crippen LogP contribution in [0.1, 0.15) is 26.7 Å². The summed E-state index contributed by atoms with van der Waals surface area (Å²) in [7, 11) is 0. The van der Waals surface area contributed by atoms with E-state index >= 15 is 0 Å². The molecule has 0 spiro atoms. The van der Waals surface area contributed by atoms with E-state index < -0.39 is 0 Å². The fourth-order valence-electron chi connectivity index (χ4n) is 2.12. The predicted molar refractivity (Wildman–Crippen MR) is 66.8 cm³/mol. The second-order valence-electron chi connectivity index (χ2n) is 4.31. The van der Waals surface area contributed by atoms with Gasteiger partial charge in [0.1, 0.15) is 0 Å². The van der Waals surface area contributed by atoms with Gasteiger partial charge in [-0.15, -0.1) is 0 Å². The van der Waals surface area contributed by atoms with Gasteiger partial charge in [0, 0.05) is 19.0 Å². The van der Waals surface area contributed by atoms with Crippen LogP contribution in [0.15, 0.2) is 24.3 Å². The number of rotatable bonds is 2. The van der Waals surface area contributed by atoms with Gasteiger partial charge in [0.2, 0.25) is 5.91 Å². The third-order valence-electron chi connectivity index (χ3n) is 2.83.